The molecule has 0 radical (unpaired) electrons. The Kier molecular flexibility index (Phi) is 5.04. The van der Waals surface area contributed by atoms with Crippen LogP contribution < -0.4 is 0 Å². The molecule has 0 aromatic carbocycles. The van der Waals surface area contributed by atoms with E-state index in [1.54, 1.807) is 4.90 Å². The zero-order valence-electron chi connectivity index (χ0n) is 22.2. The molecule has 2 aromatic rings. The van der Waals surface area contributed by atoms with E-state index in [0.29, 0.717) is 29.4 Å². The standard InChI is InChI=1S/C30H37N5O3/c1-33(25-16-34-7-5-18(25)6-8-34)29(37)26(36)11-24-22-15-31-23-4-2-3-21(23)28(22)35(32-24)27-19-9-17-10-20(27)14-30(38,12-17)13-19/h2-3,15,17-20,25,27,38H,4-14,16H2,1H3/t17?,19-,20+,25?,27?,30?. The summed E-state index contributed by atoms with van der Waals surface area (Å²) in [6.07, 6.45) is 14.1. The number of pyridine rings is 1. The highest BCUT2D eigenvalue weighted by atomic mass is 16.3. The van der Waals surface area contributed by atoms with Crippen LogP contribution in [0.15, 0.2) is 12.3 Å². The van der Waals surface area contributed by atoms with Crippen LogP contribution in [0.3, 0.4) is 0 Å². The van der Waals surface area contributed by atoms with E-state index < -0.39 is 11.5 Å². The van der Waals surface area contributed by atoms with Crippen molar-refractivity contribution < 1.29 is 14.7 Å². The van der Waals surface area contributed by atoms with Crippen LogP contribution in [0.2, 0.25) is 0 Å². The second-order valence-corrected chi connectivity index (χ2v) is 13.3. The molecule has 3 aliphatic heterocycles. The molecule has 6 atom stereocenters. The van der Waals surface area contributed by atoms with Crippen molar-refractivity contribution in [1.82, 2.24) is 24.6 Å². The summed E-state index contributed by atoms with van der Waals surface area (Å²) in [4.78, 5) is 35.6. The summed E-state index contributed by atoms with van der Waals surface area (Å²) < 4.78 is 2.20. The SMILES string of the molecule is CN(C(=O)C(=O)Cc1nn(C2[C@@H]3CC4C[C@H]2CC(O)(C4)C3)c2c3c(ncc12)CC=C3)C1CN2CCC1CC2. The summed E-state index contributed by atoms with van der Waals surface area (Å²) in [5.74, 6) is 1.13. The molecule has 4 unspecified atom stereocenters. The number of carbonyl (C=O) groups is 2. The van der Waals surface area contributed by atoms with Gasteiger partial charge < -0.3 is 14.9 Å². The number of ketones is 1. The predicted octanol–water partition coefficient (Wildman–Crippen LogP) is 2.78. The number of hydrogen-bond acceptors (Lipinski definition) is 6. The molecular formula is C30H37N5O3. The largest absolute Gasteiger partial charge is 0.390 e. The van der Waals surface area contributed by atoms with Crippen LogP contribution in [0.25, 0.3) is 17.0 Å². The summed E-state index contributed by atoms with van der Waals surface area (Å²) in [7, 11) is 1.81. The van der Waals surface area contributed by atoms with Gasteiger partial charge in [0, 0.05) is 43.2 Å². The Bertz CT molecular complexity index is 1360. The molecule has 8 aliphatic rings. The third-order valence-electron chi connectivity index (χ3n) is 11.0. The number of piperidine rings is 3. The smallest absolute Gasteiger partial charge is 0.290 e. The molecule has 3 saturated heterocycles. The first kappa shape index (κ1) is 23.3. The van der Waals surface area contributed by atoms with Crippen LogP contribution >= 0.6 is 0 Å². The molecule has 2 aromatic heterocycles. The van der Waals surface area contributed by atoms with E-state index in [9.17, 15) is 14.7 Å². The normalized spacial score (nSPS) is 38.2. The lowest BCUT2D eigenvalue weighted by Gasteiger charge is -2.58. The zero-order chi connectivity index (χ0) is 25.8. The third-order valence-corrected chi connectivity index (χ3v) is 11.0. The van der Waals surface area contributed by atoms with Crippen LogP contribution in [0.5, 0.6) is 0 Å². The number of aromatic nitrogens is 3. The number of Topliss-reactive ketones (excluding diaryl/α,β-unsaturated/α-hetero) is 1. The van der Waals surface area contributed by atoms with E-state index in [1.807, 2.05) is 13.2 Å². The van der Waals surface area contributed by atoms with Gasteiger partial charge in [0.05, 0.1) is 35.0 Å². The number of fused-ring (bicyclic) bond motifs is 6. The molecule has 200 valence electrons. The van der Waals surface area contributed by atoms with Crippen molar-refractivity contribution in [2.75, 3.05) is 26.7 Å². The molecule has 0 spiro atoms. The topological polar surface area (TPSA) is 91.6 Å². The molecule has 10 rings (SSSR count). The van der Waals surface area contributed by atoms with Crippen molar-refractivity contribution >= 4 is 28.7 Å². The number of rotatable bonds is 5. The molecule has 7 fully saturated rings. The lowest BCUT2D eigenvalue weighted by molar-refractivity contribution is -0.148. The molecular weight excluding hydrogens is 478 g/mol. The van der Waals surface area contributed by atoms with Gasteiger partial charge in [0.25, 0.3) is 5.91 Å². The molecule has 6 bridgehead atoms. The maximum Gasteiger partial charge on any atom is 0.290 e. The first-order valence-electron chi connectivity index (χ1n) is 14.7. The van der Waals surface area contributed by atoms with E-state index in [4.69, 9.17) is 10.1 Å². The zero-order valence-corrected chi connectivity index (χ0v) is 22.2. The quantitative estimate of drug-likeness (QED) is 0.616. The average molecular weight is 516 g/mol. The van der Waals surface area contributed by atoms with Gasteiger partial charge in [0.1, 0.15) is 0 Å². The molecule has 8 nitrogen and oxygen atoms in total. The maximum atomic E-state index is 13.4. The second kappa shape index (κ2) is 8.21. The molecule has 1 amide bonds. The van der Waals surface area contributed by atoms with E-state index in [0.717, 1.165) is 93.2 Å². The fourth-order valence-electron chi connectivity index (χ4n) is 9.52. The fraction of sp³-hybridized carbons (Fsp3) is 0.667. The predicted molar refractivity (Wildman–Crippen MR) is 142 cm³/mol. The average Bonchev–Trinajstić information content (AvgIpc) is 3.52. The molecule has 1 N–H and O–H groups in total. The van der Waals surface area contributed by atoms with Crippen molar-refractivity contribution in [1.29, 1.82) is 0 Å². The lowest BCUT2D eigenvalue weighted by Crippen LogP contribution is -2.58. The van der Waals surface area contributed by atoms with Gasteiger partial charge in [0.2, 0.25) is 5.78 Å². The highest BCUT2D eigenvalue weighted by Gasteiger charge is 2.56. The van der Waals surface area contributed by atoms with Crippen molar-refractivity contribution in [2.45, 2.75) is 75.5 Å². The number of hydrogen-bond donors (Lipinski definition) is 1. The fourth-order valence-corrected chi connectivity index (χ4v) is 9.52. The van der Waals surface area contributed by atoms with Crippen molar-refractivity contribution in [2.24, 2.45) is 23.7 Å². The Morgan fingerprint density at radius 3 is 2.58 bits per heavy atom. The van der Waals surface area contributed by atoms with Gasteiger partial charge >= 0.3 is 0 Å². The van der Waals surface area contributed by atoms with E-state index in [2.05, 4.69) is 21.7 Å². The van der Waals surface area contributed by atoms with Gasteiger partial charge in [-0.2, -0.15) is 5.10 Å². The molecule has 5 heterocycles. The van der Waals surface area contributed by atoms with Gasteiger partial charge in [-0.05, 0) is 81.7 Å². The van der Waals surface area contributed by atoms with Crippen molar-refractivity contribution in [3.8, 4) is 0 Å². The summed E-state index contributed by atoms with van der Waals surface area (Å²) >= 11 is 0. The van der Waals surface area contributed by atoms with E-state index in [-0.39, 0.29) is 24.3 Å². The van der Waals surface area contributed by atoms with Crippen LogP contribution in [-0.4, -0.2) is 79.7 Å². The third kappa shape index (κ3) is 3.41. The minimum Gasteiger partial charge on any atom is -0.390 e. The Morgan fingerprint density at radius 2 is 1.89 bits per heavy atom. The number of allylic oxidation sites excluding steroid dienone is 1. The highest BCUT2D eigenvalue weighted by molar-refractivity contribution is 6.36. The number of aliphatic hydroxyl groups is 1. The number of carbonyl (C=O) groups excluding carboxylic acids is 2. The van der Waals surface area contributed by atoms with Crippen molar-refractivity contribution in [3.63, 3.8) is 0 Å². The minimum absolute atomic E-state index is 0.00652. The lowest BCUT2D eigenvalue weighted by atomic mass is 9.52. The molecule has 5 aliphatic carbocycles. The number of nitrogens with zero attached hydrogens (tertiary/aromatic N) is 5. The molecule has 8 heteroatoms. The number of amides is 1. The Balaban J connectivity index is 1.13. The Hall–Kier alpha value is -2.58. The summed E-state index contributed by atoms with van der Waals surface area (Å²) in [5, 5.41) is 17.2. The second-order valence-electron chi connectivity index (χ2n) is 13.3. The maximum absolute atomic E-state index is 13.4. The van der Waals surface area contributed by atoms with Gasteiger partial charge in [0.15, 0.2) is 0 Å². The first-order chi connectivity index (χ1) is 18.4. The van der Waals surface area contributed by atoms with Gasteiger partial charge in [-0.15, -0.1) is 0 Å². The van der Waals surface area contributed by atoms with Crippen LogP contribution in [0.1, 0.15) is 67.9 Å². The summed E-state index contributed by atoms with van der Waals surface area (Å²) in [5.41, 5.74) is 3.39. The Labute approximate surface area is 223 Å². The molecule has 4 saturated carbocycles. The summed E-state index contributed by atoms with van der Waals surface area (Å²) in [6, 6.07) is 0.348. The van der Waals surface area contributed by atoms with Crippen molar-refractivity contribution in [3.05, 3.63) is 29.2 Å². The first-order valence-corrected chi connectivity index (χ1v) is 14.7. The van der Waals surface area contributed by atoms with E-state index in [1.165, 1.54) is 0 Å². The molecule has 38 heavy (non-hydrogen) atoms. The Morgan fingerprint density at radius 1 is 1.13 bits per heavy atom. The minimum atomic E-state index is -0.510. The van der Waals surface area contributed by atoms with Gasteiger partial charge in [-0.25, -0.2) is 0 Å². The van der Waals surface area contributed by atoms with Crippen LogP contribution in [0.4, 0.5) is 0 Å². The van der Waals surface area contributed by atoms with E-state index >= 15 is 0 Å². The van der Waals surface area contributed by atoms with Gasteiger partial charge in [-0.1, -0.05) is 12.2 Å². The highest BCUT2D eigenvalue weighted by Crippen LogP contribution is 2.60. The van der Waals surface area contributed by atoms with Gasteiger partial charge in [-0.3, -0.25) is 19.3 Å². The van der Waals surface area contributed by atoms with Crippen LogP contribution in [0, 0.1) is 23.7 Å². The number of likely N-dealkylation sites (N-methyl/N-ethyl adjacent to an activating group) is 1. The van der Waals surface area contributed by atoms with Crippen LogP contribution in [-0.2, 0) is 22.4 Å². The summed E-state index contributed by atoms with van der Waals surface area (Å²) in [6.45, 7) is 3.08. The monoisotopic (exact) mass is 515 g/mol.